The van der Waals surface area contributed by atoms with Crippen molar-refractivity contribution in [1.82, 2.24) is 4.57 Å². The summed E-state index contributed by atoms with van der Waals surface area (Å²) in [4.78, 5) is 35.1. The number of halogens is 3. The third-order valence-electron chi connectivity index (χ3n) is 3.35. The van der Waals surface area contributed by atoms with Gasteiger partial charge in [0.25, 0.3) is 5.56 Å². The number of Topliss-reactive ketones (excluding diaryl/α,β-unsaturated/α-hetero) is 1. The monoisotopic (exact) mass is 353 g/mol. The van der Waals surface area contributed by atoms with Crippen LogP contribution < -0.4 is 10.3 Å². The Morgan fingerprint density at radius 3 is 2.32 bits per heavy atom. The van der Waals surface area contributed by atoms with E-state index in [0.29, 0.717) is 22.6 Å². The van der Waals surface area contributed by atoms with Gasteiger partial charge in [-0.15, -0.1) is 0 Å². The van der Waals surface area contributed by atoms with Crippen molar-refractivity contribution in [2.75, 3.05) is 0 Å². The highest BCUT2D eigenvalue weighted by Crippen LogP contribution is 2.26. The van der Waals surface area contributed by atoms with Crippen LogP contribution in [0.15, 0.2) is 47.4 Å². The molecule has 1 heterocycles. The summed E-state index contributed by atoms with van der Waals surface area (Å²) in [6.45, 7) is 1.04. The van der Waals surface area contributed by atoms with Gasteiger partial charge >= 0.3 is 12.1 Å². The number of ether oxygens (including phenoxy) is 1. The van der Waals surface area contributed by atoms with Crippen LogP contribution in [-0.4, -0.2) is 16.3 Å². The number of carbonyl (C=O) groups is 2. The molecule has 0 saturated heterocycles. The molecule has 2 aromatic rings. The van der Waals surface area contributed by atoms with E-state index < -0.39 is 29.8 Å². The van der Waals surface area contributed by atoms with Gasteiger partial charge in [0, 0.05) is 18.2 Å². The summed E-state index contributed by atoms with van der Waals surface area (Å²) < 4.78 is 43.7. The number of alkyl halides is 3. The van der Waals surface area contributed by atoms with Gasteiger partial charge in [-0.25, -0.2) is 4.79 Å². The fourth-order valence-electron chi connectivity index (χ4n) is 2.09. The van der Waals surface area contributed by atoms with Crippen LogP contribution in [-0.2, 0) is 17.5 Å². The number of aromatic nitrogens is 1. The van der Waals surface area contributed by atoms with E-state index in [2.05, 4.69) is 0 Å². The van der Waals surface area contributed by atoms with Gasteiger partial charge in [0.15, 0.2) is 5.78 Å². The lowest BCUT2D eigenvalue weighted by Crippen LogP contribution is -2.31. The molecule has 132 valence electrons. The standard InChI is InChI=1S/C17H14F3NO4/c1-2-14(22)11-5-7-12(8-6-11)25-15(23)10-21-9-3-4-13(16(21)24)17(18,19)20/h3-9H,2,10H2,1H3. The molecule has 0 unspecified atom stereocenters. The zero-order valence-corrected chi connectivity index (χ0v) is 13.2. The fourth-order valence-corrected chi connectivity index (χ4v) is 2.09. The number of pyridine rings is 1. The molecule has 0 fully saturated rings. The van der Waals surface area contributed by atoms with E-state index in [1.165, 1.54) is 24.3 Å². The first kappa shape index (κ1) is 18.4. The molecular weight excluding hydrogens is 339 g/mol. The van der Waals surface area contributed by atoms with Gasteiger partial charge in [-0.1, -0.05) is 6.92 Å². The zero-order chi connectivity index (χ0) is 18.6. The molecule has 5 nitrogen and oxygen atoms in total. The predicted octanol–water partition coefficient (Wildman–Crippen LogP) is 3.07. The van der Waals surface area contributed by atoms with E-state index in [9.17, 15) is 27.6 Å². The van der Waals surface area contributed by atoms with E-state index in [0.717, 1.165) is 12.3 Å². The van der Waals surface area contributed by atoms with Gasteiger partial charge in [-0.2, -0.15) is 13.2 Å². The van der Waals surface area contributed by atoms with Crippen molar-refractivity contribution in [2.24, 2.45) is 0 Å². The summed E-state index contributed by atoms with van der Waals surface area (Å²) in [7, 11) is 0. The van der Waals surface area contributed by atoms with E-state index in [4.69, 9.17) is 4.74 Å². The van der Waals surface area contributed by atoms with Gasteiger partial charge in [0.05, 0.1) is 0 Å². The predicted molar refractivity (Wildman–Crippen MR) is 82.4 cm³/mol. The minimum absolute atomic E-state index is 0.0756. The van der Waals surface area contributed by atoms with Crippen LogP contribution in [0, 0.1) is 0 Å². The Morgan fingerprint density at radius 1 is 1.12 bits per heavy atom. The third kappa shape index (κ3) is 4.56. The Bertz CT molecular complexity index is 838. The topological polar surface area (TPSA) is 65.4 Å². The summed E-state index contributed by atoms with van der Waals surface area (Å²) >= 11 is 0. The summed E-state index contributed by atoms with van der Waals surface area (Å²) in [6, 6.07) is 7.43. The van der Waals surface area contributed by atoms with Crippen LogP contribution in [0.1, 0.15) is 29.3 Å². The lowest BCUT2D eigenvalue weighted by Gasteiger charge is -2.10. The first-order valence-corrected chi connectivity index (χ1v) is 7.33. The Balaban J connectivity index is 2.11. The molecule has 0 atom stereocenters. The smallest absolute Gasteiger partial charge is 0.421 e. The highest BCUT2D eigenvalue weighted by molar-refractivity contribution is 5.95. The molecule has 0 N–H and O–H groups in total. The maximum absolute atomic E-state index is 12.7. The molecule has 8 heteroatoms. The van der Waals surface area contributed by atoms with Crippen molar-refractivity contribution in [3.8, 4) is 5.75 Å². The number of esters is 1. The molecule has 0 radical (unpaired) electrons. The van der Waals surface area contributed by atoms with Gasteiger partial charge in [0.2, 0.25) is 0 Å². The molecule has 0 aliphatic rings. The number of ketones is 1. The second-order valence-corrected chi connectivity index (χ2v) is 5.13. The number of carbonyl (C=O) groups excluding carboxylic acids is 2. The van der Waals surface area contributed by atoms with Crippen molar-refractivity contribution in [3.05, 3.63) is 64.1 Å². The highest BCUT2D eigenvalue weighted by atomic mass is 19.4. The van der Waals surface area contributed by atoms with Crippen LogP contribution in [0.25, 0.3) is 0 Å². The molecule has 0 aliphatic heterocycles. The van der Waals surface area contributed by atoms with Crippen molar-refractivity contribution >= 4 is 11.8 Å². The quantitative estimate of drug-likeness (QED) is 0.471. The molecule has 0 spiro atoms. The highest BCUT2D eigenvalue weighted by Gasteiger charge is 2.34. The second kappa shape index (κ2) is 7.33. The average molecular weight is 353 g/mol. The Hall–Kier alpha value is -2.90. The van der Waals surface area contributed by atoms with Crippen LogP contribution >= 0.6 is 0 Å². The maximum Gasteiger partial charge on any atom is 0.421 e. The van der Waals surface area contributed by atoms with Gasteiger partial charge in [-0.3, -0.25) is 9.59 Å². The minimum Gasteiger partial charge on any atom is -0.425 e. The lowest BCUT2D eigenvalue weighted by atomic mass is 10.1. The van der Waals surface area contributed by atoms with E-state index in [-0.39, 0.29) is 11.5 Å². The number of hydrogen-bond donors (Lipinski definition) is 0. The average Bonchev–Trinajstić information content (AvgIpc) is 2.55. The lowest BCUT2D eigenvalue weighted by molar-refractivity contribution is -0.140. The van der Waals surface area contributed by atoms with Gasteiger partial charge < -0.3 is 9.30 Å². The minimum atomic E-state index is -4.80. The van der Waals surface area contributed by atoms with E-state index in [1.54, 1.807) is 6.92 Å². The van der Waals surface area contributed by atoms with Crippen LogP contribution in [0.4, 0.5) is 13.2 Å². The molecule has 0 bridgehead atoms. The van der Waals surface area contributed by atoms with E-state index in [1.807, 2.05) is 0 Å². The number of rotatable bonds is 5. The number of hydrogen-bond acceptors (Lipinski definition) is 4. The first-order chi connectivity index (χ1) is 11.7. The van der Waals surface area contributed by atoms with Crippen LogP contribution in [0.3, 0.4) is 0 Å². The fraction of sp³-hybridized carbons (Fsp3) is 0.235. The van der Waals surface area contributed by atoms with Crippen LogP contribution in [0.5, 0.6) is 5.75 Å². The SMILES string of the molecule is CCC(=O)c1ccc(OC(=O)Cn2cccc(C(F)(F)F)c2=O)cc1. The molecule has 2 rings (SSSR count). The molecule has 1 aromatic carbocycles. The number of benzene rings is 1. The Morgan fingerprint density at radius 2 is 1.76 bits per heavy atom. The second-order valence-electron chi connectivity index (χ2n) is 5.13. The number of nitrogens with zero attached hydrogens (tertiary/aromatic N) is 1. The maximum atomic E-state index is 12.7. The zero-order valence-electron chi connectivity index (χ0n) is 13.2. The van der Waals surface area contributed by atoms with Crippen molar-refractivity contribution in [3.63, 3.8) is 0 Å². The molecule has 1 aromatic heterocycles. The molecule has 0 aliphatic carbocycles. The molecule has 0 saturated carbocycles. The molecule has 0 amide bonds. The van der Waals surface area contributed by atoms with Crippen molar-refractivity contribution in [2.45, 2.75) is 26.1 Å². The summed E-state index contributed by atoms with van der Waals surface area (Å²) in [5, 5.41) is 0. The van der Waals surface area contributed by atoms with Gasteiger partial charge in [-0.05, 0) is 36.4 Å². The van der Waals surface area contributed by atoms with Crippen molar-refractivity contribution in [1.29, 1.82) is 0 Å². The largest absolute Gasteiger partial charge is 0.425 e. The molecular formula is C17H14F3NO4. The first-order valence-electron chi connectivity index (χ1n) is 7.33. The van der Waals surface area contributed by atoms with Gasteiger partial charge in [0.1, 0.15) is 17.9 Å². The summed E-state index contributed by atoms with van der Waals surface area (Å²) in [6.07, 6.45) is -3.40. The Kier molecular flexibility index (Phi) is 5.41. The Labute approximate surface area is 140 Å². The normalized spacial score (nSPS) is 11.2. The van der Waals surface area contributed by atoms with Crippen LogP contribution in [0.2, 0.25) is 0 Å². The van der Waals surface area contributed by atoms with Crippen molar-refractivity contribution < 1.29 is 27.5 Å². The summed E-state index contributed by atoms with van der Waals surface area (Å²) in [5.41, 5.74) is -2.22. The summed E-state index contributed by atoms with van der Waals surface area (Å²) in [5.74, 6) is -0.859. The van der Waals surface area contributed by atoms with E-state index >= 15 is 0 Å². The molecule has 25 heavy (non-hydrogen) atoms. The third-order valence-corrected chi connectivity index (χ3v) is 3.35.